The Morgan fingerprint density at radius 2 is 1.97 bits per heavy atom. The van der Waals surface area contributed by atoms with Crippen LogP contribution >= 0.6 is 11.3 Å². The second-order valence-corrected chi connectivity index (χ2v) is 11.2. The van der Waals surface area contributed by atoms with E-state index in [1.807, 2.05) is 37.4 Å². The number of carbonyl (C=O) groups excluding carboxylic acids is 1. The van der Waals surface area contributed by atoms with Gasteiger partial charge in [-0.25, -0.2) is 4.98 Å². The van der Waals surface area contributed by atoms with Crippen molar-refractivity contribution in [3.05, 3.63) is 63.9 Å². The summed E-state index contributed by atoms with van der Waals surface area (Å²) in [7, 11) is 2.07. The lowest BCUT2D eigenvalue weighted by Gasteiger charge is -2.20. The summed E-state index contributed by atoms with van der Waals surface area (Å²) < 4.78 is 0. The van der Waals surface area contributed by atoms with Gasteiger partial charge in [-0.2, -0.15) is 5.26 Å². The van der Waals surface area contributed by atoms with Crippen molar-refractivity contribution in [1.82, 2.24) is 15.3 Å². The monoisotopic (exact) mass is 488 g/mol. The highest BCUT2D eigenvalue weighted by Crippen LogP contribution is 2.31. The van der Waals surface area contributed by atoms with Gasteiger partial charge in [0.25, 0.3) is 5.91 Å². The first-order valence-corrected chi connectivity index (χ1v) is 12.7. The molecule has 1 unspecified atom stereocenters. The highest BCUT2D eigenvalue weighted by molar-refractivity contribution is 7.15. The largest absolute Gasteiger partial charge is 0.374 e. The van der Waals surface area contributed by atoms with Gasteiger partial charge in [0, 0.05) is 42.2 Å². The summed E-state index contributed by atoms with van der Waals surface area (Å²) in [5.74, 6) is -0.197. The van der Waals surface area contributed by atoms with E-state index in [-0.39, 0.29) is 17.4 Å². The molecule has 3 aromatic rings. The molecular weight excluding hydrogens is 456 g/mol. The van der Waals surface area contributed by atoms with E-state index >= 15 is 0 Å². The minimum absolute atomic E-state index is 0.0746. The average Bonchev–Trinajstić information content (AvgIpc) is 3.21. The Kier molecular flexibility index (Phi) is 7.08. The van der Waals surface area contributed by atoms with Crippen molar-refractivity contribution < 1.29 is 4.79 Å². The second kappa shape index (κ2) is 10.0. The Bertz CT molecular complexity index is 1270. The molecule has 8 heteroatoms. The van der Waals surface area contributed by atoms with Crippen LogP contribution in [-0.4, -0.2) is 29.5 Å². The molecule has 3 heterocycles. The van der Waals surface area contributed by atoms with Gasteiger partial charge >= 0.3 is 0 Å². The number of fused-ring (bicyclic) bond motifs is 1. The molecular formula is C27H32N6OS. The highest BCUT2D eigenvalue weighted by atomic mass is 32.1. The van der Waals surface area contributed by atoms with Crippen LogP contribution in [0.5, 0.6) is 0 Å². The molecule has 0 bridgehead atoms. The van der Waals surface area contributed by atoms with Gasteiger partial charge in [-0.1, -0.05) is 32.1 Å². The van der Waals surface area contributed by atoms with E-state index in [0.29, 0.717) is 16.4 Å². The van der Waals surface area contributed by atoms with Gasteiger partial charge in [-0.15, -0.1) is 0 Å². The molecule has 4 rings (SSSR count). The molecule has 0 saturated carbocycles. The highest BCUT2D eigenvalue weighted by Gasteiger charge is 2.20. The standard InChI is InChI=1S/C27H32N6OS/c1-17(31-25(34)22-13-23-19(15-29-22)8-6-7-9-33(23)5)24-16-30-26(35-24)32-21-11-18(14-28)10-20(12-21)27(2,3)4/h10-13,15-17H,6-9H2,1-5H3,(H,30,32)(H,31,34). The summed E-state index contributed by atoms with van der Waals surface area (Å²) >= 11 is 1.48. The molecule has 0 aliphatic carbocycles. The van der Waals surface area contributed by atoms with Crippen LogP contribution in [0.3, 0.4) is 0 Å². The number of anilines is 3. The topological polar surface area (TPSA) is 93.9 Å². The van der Waals surface area contributed by atoms with E-state index in [1.54, 1.807) is 6.20 Å². The average molecular weight is 489 g/mol. The number of aromatic nitrogens is 2. The zero-order chi connectivity index (χ0) is 25.2. The number of thiazole rings is 1. The SMILES string of the molecule is CC(NC(=O)c1cc2c(cn1)CCCCN2C)c1cnc(Nc2cc(C#N)cc(C(C)(C)C)c2)s1. The molecule has 1 aromatic carbocycles. The van der Waals surface area contributed by atoms with Crippen LogP contribution in [0, 0.1) is 11.3 Å². The molecule has 2 aromatic heterocycles. The molecule has 0 radical (unpaired) electrons. The molecule has 35 heavy (non-hydrogen) atoms. The van der Waals surface area contributed by atoms with Crippen LogP contribution < -0.4 is 15.5 Å². The Balaban J connectivity index is 1.46. The predicted octanol–water partition coefficient (Wildman–Crippen LogP) is 5.71. The fraction of sp³-hybridized carbons (Fsp3) is 0.407. The number of amides is 1. The molecule has 1 aliphatic heterocycles. The van der Waals surface area contributed by atoms with Gasteiger partial charge in [-0.3, -0.25) is 9.78 Å². The number of nitriles is 1. The van der Waals surface area contributed by atoms with Crippen LogP contribution in [0.4, 0.5) is 16.5 Å². The van der Waals surface area contributed by atoms with Gasteiger partial charge in [0.2, 0.25) is 0 Å². The molecule has 0 spiro atoms. The zero-order valence-corrected chi connectivity index (χ0v) is 21.8. The third-order valence-electron chi connectivity index (χ3n) is 6.27. The molecule has 1 amide bonds. The van der Waals surface area contributed by atoms with Crippen molar-refractivity contribution in [3.8, 4) is 6.07 Å². The third kappa shape index (κ3) is 5.80. The number of aryl methyl sites for hydroxylation is 1. The fourth-order valence-electron chi connectivity index (χ4n) is 4.14. The smallest absolute Gasteiger partial charge is 0.270 e. The molecule has 182 valence electrons. The van der Waals surface area contributed by atoms with Crippen molar-refractivity contribution in [2.75, 3.05) is 23.8 Å². The number of carbonyl (C=O) groups is 1. The minimum atomic E-state index is -0.218. The Morgan fingerprint density at radius 3 is 2.71 bits per heavy atom. The summed E-state index contributed by atoms with van der Waals surface area (Å²) in [5, 5.41) is 16.5. The van der Waals surface area contributed by atoms with Gasteiger partial charge in [-0.05, 0) is 67.0 Å². The maximum atomic E-state index is 13.0. The number of hydrogen-bond donors (Lipinski definition) is 2. The van der Waals surface area contributed by atoms with Crippen molar-refractivity contribution in [3.63, 3.8) is 0 Å². The molecule has 2 N–H and O–H groups in total. The molecule has 1 aliphatic rings. The molecule has 7 nitrogen and oxygen atoms in total. The van der Waals surface area contributed by atoms with E-state index in [2.05, 4.69) is 59.4 Å². The lowest BCUT2D eigenvalue weighted by Crippen LogP contribution is -2.27. The number of nitrogens with one attached hydrogen (secondary N) is 2. The summed E-state index contributed by atoms with van der Waals surface area (Å²) in [6.07, 6.45) is 6.89. The third-order valence-corrected chi connectivity index (χ3v) is 7.37. The quantitative estimate of drug-likeness (QED) is 0.477. The first kappa shape index (κ1) is 24.7. The van der Waals surface area contributed by atoms with Crippen LogP contribution in [0.2, 0.25) is 0 Å². The number of rotatable bonds is 5. The van der Waals surface area contributed by atoms with Crippen molar-refractivity contribution in [2.24, 2.45) is 0 Å². The first-order valence-electron chi connectivity index (χ1n) is 11.9. The molecule has 1 atom stereocenters. The van der Waals surface area contributed by atoms with Crippen molar-refractivity contribution >= 4 is 33.8 Å². The minimum Gasteiger partial charge on any atom is -0.374 e. The lowest BCUT2D eigenvalue weighted by molar-refractivity contribution is 0.0935. The van der Waals surface area contributed by atoms with Crippen molar-refractivity contribution in [2.45, 2.75) is 58.4 Å². The summed E-state index contributed by atoms with van der Waals surface area (Å²) in [6, 6.07) is 9.71. The first-order chi connectivity index (χ1) is 16.6. The van der Waals surface area contributed by atoms with Crippen molar-refractivity contribution in [1.29, 1.82) is 5.26 Å². The summed E-state index contributed by atoms with van der Waals surface area (Å²) in [4.78, 5) is 25.0. The zero-order valence-electron chi connectivity index (χ0n) is 21.0. The maximum absolute atomic E-state index is 13.0. The Hall–Kier alpha value is -3.44. The number of pyridine rings is 1. The van der Waals surface area contributed by atoms with Crippen LogP contribution in [0.1, 0.15) is 78.6 Å². The van der Waals surface area contributed by atoms with E-state index in [4.69, 9.17) is 0 Å². The Labute approximate surface area is 211 Å². The molecule has 0 saturated heterocycles. The van der Waals surface area contributed by atoms with E-state index < -0.39 is 0 Å². The van der Waals surface area contributed by atoms with Crippen LogP contribution in [0.25, 0.3) is 0 Å². The second-order valence-electron chi connectivity index (χ2n) is 10.1. The fourth-order valence-corrected chi connectivity index (χ4v) is 4.98. The number of nitrogens with zero attached hydrogens (tertiary/aromatic N) is 4. The summed E-state index contributed by atoms with van der Waals surface area (Å²) in [6.45, 7) is 9.29. The van der Waals surface area contributed by atoms with Gasteiger partial charge in [0.1, 0.15) is 5.69 Å². The van der Waals surface area contributed by atoms with Gasteiger partial charge in [0.05, 0.1) is 17.7 Å². The van der Waals surface area contributed by atoms with Crippen LogP contribution in [0.15, 0.2) is 36.7 Å². The lowest BCUT2D eigenvalue weighted by atomic mass is 9.86. The Morgan fingerprint density at radius 1 is 1.17 bits per heavy atom. The van der Waals surface area contributed by atoms with E-state index in [1.165, 1.54) is 16.9 Å². The van der Waals surface area contributed by atoms with Gasteiger partial charge in [0.15, 0.2) is 5.13 Å². The predicted molar refractivity (Wildman–Crippen MR) is 142 cm³/mol. The van der Waals surface area contributed by atoms with Crippen LogP contribution in [-0.2, 0) is 11.8 Å². The normalized spacial score (nSPS) is 14.5. The number of hydrogen-bond acceptors (Lipinski definition) is 7. The molecule has 0 fully saturated rings. The number of benzene rings is 1. The summed E-state index contributed by atoms with van der Waals surface area (Å²) in [5.41, 5.74) is 5.15. The van der Waals surface area contributed by atoms with E-state index in [9.17, 15) is 10.1 Å². The van der Waals surface area contributed by atoms with Gasteiger partial charge < -0.3 is 15.5 Å². The van der Waals surface area contributed by atoms with E-state index in [0.717, 1.165) is 47.6 Å². The maximum Gasteiger partial charge on any atom is 0.270 e.